The SMILES string of the molecule is C=C1NCCN1CCP(=O)(OC)OO. The molecule has 1 unspecified atom stereocenters. The summed E-state index contributed by atoms with van der Waals surface area (Å²) in [7, 11) is -2.07. The smallest absolute Gasteiger partial charge is 0.359 e. The minimum Gasteiger partial charge on any atom is -0.370 e. The van der Waals surface area contributed by atoms with Crippen molar-refractivity contribution in [2.75, 3.05) is 32.9 Å². The fourth-order valence-corrected chi connectivity index (χ4v) is 2.05. The first-order chi connectivity index (χ1) is 6.61. The van der Waals surface area contributed by atoms with Gasteiger partial charge < -0.3 is 14.7 Å². The Bertz CT molecular complexity index is 250. The summed E-state index contributed by atoms with van der Waals surface area (Å²) in [4.78, 5) is 1.92. The largest absolute Gasteiger partial charge is 0.370 e. The van der Waals surface area contributed by atoms with Gasteiger partial charge in [-0.3, -0.25) is 4.57 Å². The van der Waals surface area contributed by atoms with E-state index in [1.807, 2.05) is 4.90 Å². The highest BCUT2D eigenvalue weighted by Gasteiger charge is 2.25. The topological polar surface area (TPSA) is 71.0 Å². The van der Waals surface area contributed by atoms with Crippen molar-refractivity contribution in [1.29, 1.82) is 0 Å². The summed E-state index contributed by atoms with van der Waals surface area (Å²) in [5, 5.41) is 11.4. The van der Waals surface area contributed by atoms with E-state index in [2.05, 4.69) is 21.1 Å². The predicted molar refractivity (Wildman–Crippen MR) is 51.9 cm³/mol. The van der Waals surface area contributed by atoms with E-state index in [0.717, 1.165) is 18.9 Å². The zero-order valence-electron chi connectivity index (χ0n) is 8.10. The maximum atomic E-state index is 11.4. The lowest BCUT2D eigenvalue weighted by Gasteiger charge is -2.19. The van der Waals surface area contributed by atoms with Crippen LogP contribution in [-0.2, 0) is 13.8 Å². The van der Waals surface area contributed by atoms with Crippen molar-refractivity contribution in [3.05, 3.63) is 12.4 Å². The number of nitrogens with zero attached hydrogens (tertiary/aromatic N) is 1. The van der Waals surface area contributed by atoms with Gasteiger partial charge in [-0.2, -0.15) is 4.67 Å². The third kappa shape index (κ3) is 2.72. The van der Waals surface area contributed by atoms with E-state index >= 15 is 0 Å². The molecule has 1 fully saturated rings. The summed E-state index contributed by atoms with van der Waals surface area (Å²) in [5.74, 6) is 0.797. The summed E-state index contributed by atoms with van der Waals surface area (Å²) in [6.07, 6.45) is 0.140. The van der Waals surface area contributed by atoms with Gasteiger partial charge in [0.1, 0.15) is 0 Å². The molecule has 6 nitrogen and oxygen atoms in total. The van der Waals surface area contributed by atoms with Gasteiger partial charge in [-0.15, -0.1) is 0 Å². The molecule has 1 aliphatic rings. The molecule has 0 spiro atoms. The maximum absolute atomic E-state index is 11.4. The third-order valence-electron chi connectivity index (χ3n) is 2.14. The Balaban J connectivity index is 2.39. The van der Waals surface area contributed by atoms with Gasteiger partial charge in [0.05, 0.1) is 12.0 Å². The molecule has 0 amide bonds. The van der Waals surface area contributed by atoms with Crippen molar-refractivity contribution >= 4 is 7.60 Å². The molecule has 0 bridgehead atoms. The van der Waals surface area contributed by atoms with E-state index in [4.69, 9.17) is 5.26 Å². The molecule has 7 heteroatoms. The molecule has 0 saturated carbocycles. The second-order valence-corrected chi connectivity index (χ2v) is 5.16. The molecule has 0 aromatic rings. The fraction of sp³-hybridized carbons (Fsp3) is 0.714. The Hall–Kier alpha value is -0.550. The normalized spacial score (nSPS) is 20.7. The molecule has 0 radical (unpaired) electrons. The Morgan fingerprint density at radius 3 is 2.93 bits per heavy atom. The highest BCUT2D eigenvalue weighted by atomic mass is 31.2. The van der Waals surface area contributed by atoms with Crippen LogP contribution >= 0.6 is 7.60 Å². The predicted octanol–water partition coefficient (Wildman–Crippen LogP) is 0.692. The Labute approximate surface area is 83.0 Å². The Morgan fingerprint density at radius 2 is 2.50 bits per heavy atom. The van der Waals surface area contributed by atoms with Gasteiger partial charge in [-0.25, -0.2) is 5.26 Å². The van der Waals surface area contributed by atoms with Crippen molar-refractivity contribution < 1.29 is 19.0 Å². The van der Waals surface area contributed by atoms with E-state index in [1.54, 1.807) is 0 Å². The lowest BCUT2D eigenvalue weighted by atomic mass is 10.5. The van der Waals surface area contributed by atoms with Gasteiger partial charge in [0, 0.05) is 26.7 Å². The molecular formula is C7H15N2O4P. The number of hydrogen-bond donors (Lipinski definition) is 2. The standard InChI is InChI=1S/C7H15N2O4P/c1-7-8-3-4-9(7)5-6-14(11,12-2)13-10/h8,10H,1,3-6H2,2H3. The number of nitrogens with one attached hydrogen (secondary N) is 1. The van der Waals surface area contributed by atoms with E-state index in [0.29, 0.717) is 6.54 Å². The summed E-state index contributed by atoms with van der Waals surface area (Å²) in [6.45, 7) is 5.90. The second-order valence-electron chi connectivity index (χ2n) is 2.96. The second kappa shape index (κ2) is 4.79. The van der Waals surface area contributed by atoms with Gasteiger partial charge in [0.2, 0.25) is 0 Å². The summed E-state index contributed by atoms with van der Waals surface area (Å²) >= 11 is 0. The number of rotatable bonds is 5. The minimum absolute atomic E-state index is 0.140. The van der Waals surface area contributed by atoms with Crippen LogP contribution in [0, 0.1) is 0 Å². The van der Waals surface area contributed by atoms with Gasteiger partial charge in [-0.1, -0.05) is 6.58 Å². The van der Waals surface area contributed by atoms with Gasteiger partial charge in [-0.05, 0) is 0 Å². The lowest BCUT2D eigenvalue weighted by molar-refractivity contribution is -0.147. The van der Waals surface area contributed by atoms with Crippen LogP contribution in [0.4, 0.5) is 0 Å². The molecule has 0 aliphatic carbocycles. The van der Waals surface area contributed by atoms with Crippen LogP contribution < -0.4 is 5.32 Å². The lowest BCUT2D eigenvalue weighted by Crippen LogP contribution is -2.23. The van der Waals surface area contributed by atoms with Crippen molar-refractivity contribution in [1.82, 2.24) is 10.2 Å². The third-order valence-corrected chi connectivity index (χ3v) is 3.69. The van der Waals surface area contributed by atoms with Crippen LogP contribution in [0.1, 0.15) is 0 Å². The first-order valence-electron chi connectivity index (χ1n) is 4.27. The van der Waals surface area contributed by atoms with Gasteiger partial charge in [0.25, 0.3) is 0 Å². The zero-order chi connectivity index (χ0) is 10.6. The minimum atomic E-state index is -3.32. The van der Waals surface area contributed by atoms with E-state index in [9.17, 15) is 4.57 Å². The highest BCUT2D eigenvalue weighted by molar-refractivity contribution is 7.53. The quantitative estimate of drug-likeness (QED) is 0.405. The van der Waals surface area contributed by atoms with Crippen molar-refractivity contribution in [2.45, 2.75) is 0 Å². The van der Waals surface area contributed by atoms with Gasteiger partial charge in [0.15, 0.2) is 0 Å². The van der Waals surface area contributed by atoms with E-state index < -0.39 is 7.60 Å². The van der Waals surface area contributed by atoms with E-state index in [-0.39, 0.29) is 6.16 Å². The molecular weight excluding hydrogens is 207 g/mol. The van der Waals surface area contributed by atoms with E-state index in [1.165, 1.54) is 7.11 Å². The zero-order valence-corrected chi connectivity index (χ0v) is 9.00. The van der Waals surface area contributed by atoms with Crippen LogP contribution in [0.2, 0.25) is 0 Å². The number of hydrogen-bond acceptors (Lipinski definition) is 6. The first kappa shape index (κ1) is 11.5. The van der Waals surface area contributed by atoms with Crippen molar-refractivity contribution in [3.63, 3.8) is 0 Å². The molecule has 1 aliphatic heterocycles. The van der Waals surface area contributed by atoms with Crippen LogP contribution in [0.25, 0.3) is 0 Å². The average molecular weight is 222 g/mol. The molecule has 2 N–H and O–H groups in total. The van der Waals surface area contributed by atoms with Crippen molar-refractivity contribution in [2.24, 2.45) is 0 Å². The molecule has 1 rings (SSSR count). The monoisotopic (exact) mass is 222 g/mol. The molecule has 82 valence electrons. The van der Waals surface area contributed by atoms with Crippen LogP contribution in [-0.4, -0.2) is 43.1 Å². The highest BCUT2D eigenvalue weighted by Crippen LogP contribution is 2.45. The summed E-state index contributed by atoms with van der Waals surface area (Å²) < 4.78 is 19.9. The molecule has 1 saturated heterocycles. The average Bonchev–Trinajstić information content (AvgIpc) is 2.61. The van der Waals surface area contributed by atoms with Gasteiger partial charge >= 0.3 is 7.60 Å². The fourth-order valence-electron chi connectivity index (χ4n) is 1.24. The Kier molecular flexibility index (Phi) is 3.95. The van der Waals surface area contributed by atoms with Crippen LogP contribution in [0.5, 0.6) is 0 Å². The summed E-state index contributed by atoms with van der Waals surface area (Å²) in [6, 6.07) is 0. The molecule has 0 aromatic heterocycles. The first-order valence-corrected chi connectivity index (χ1v) is 6.00. The molecule has 0 aromatic carbocycles. The molecule has 14 heavy (non-hydrogen) atoms. The summed E-state index contributed by atoms with van der Waals surface area (Å²) in [5.41, 5.74) is 0. The maximum Gasteiger partial charge on any atom is 0.359 e. The Morgan fingerprint density at radius 1 is 1.79 bits per heavy atom. The molecule has 1 atom stereocenters. The van der Waals surface area contributed by atoms with Crippen LogP contribution in [0.3, 0.4) is 0 Å². The van der Waals surface area contributed by atoms with Crippen molar-refractivity contribution in [3.8, 4) is 0 Å². The molecule has 1 heterocycles. The van der Waals surface area contributed by atoms with Crippen LogP contribution in [0.15, 0.2) is 12.4 Å².